The zero-order valence-electron chi connectivity index (χ0n) is 12.2. The lowest BCUT2D eigenvalue weighted by Crippen LogP contribution is -2.24. The summed E-state index contributed by atoms with van der Waals surface area (Å²) in [5.41, 5.74) is 3.82. The Morgan fingerprint density at radius 2 is 2.27 bits per heavy atom. The number of benzene rings is 1. The molecule has 0 bridgehead atoms. The maximum atomic E-state index is 11.8. The highest BCUT2D eigenvalue weighted by Crippen LogP contribution is 2.16. The van der Waals surface area contributed by atoms with Crippen LogP contribution in [0, 0.1) is 0 Å². The highest BCUT2D eigenvalue weighted by molar-refractivity contribution is 7.07. The molecule has 0 amide bonds. The van der Waals surface area contributed by atoms with Crippen molar-refractivity contribution < 1.29 is 9.53 Å². The summed E-state index contributed by atoms with van der Waals surface area (Å²) < 4.78 is 5.49. The number of aromatic nitrogens is 1. The first-order chi connectivity index (χ1) is 10.8. The zero-order chi connectivity index (χ0) is 15.2. The third kappa shape index (κ3) is 4.26. The van der Waals surface area contributed by atoms with Gasteiger partial charge in [-0.05, 0) is 18.1 Å². The topological polar surface area (TPSA) is 42.4 Å². The van der Waals surface area contributed by atoms with Crippen LogP contribution in [0.1, 0.15) is 17.7 Å². The highest BCUT2D eigenvalue weighted by Gasteiger charge is 2.24. The predicted octanol–water partition coefficient (Wildman–Crippen LogP) is 2.97. The second kappa shape index (κ2) is 7.33. The monoisotopic (exact) mass is 314 g/mol. The van der Waals surface area contributed by atoms with Gasteiger partial charge in [0.2, 0.25) is 0 Å². The van der Waals surface area contributed by atoms with Gasteiger partial charge in [0, 0.05) is 31.1 Å². The maximum Gasteiger partial charge on any atom is 0.331 e. The number of likely N-dealkylation sites (tertiary alicyclic amines) is 1. The molecule has 0 N–H and O–H groups in total. The molecule has 0 unspecified atom stereocenters. The standard InChI is InChI=1S/C17H18N2O2S/c20-17(7-6-15-12-22-13-18-15)21-16-8-9-19(11-16)10-14-4-2-1-3-5-14/h1-7,12-13,16H,8-11H2/b7-6+/t16-/m1/s1. The fourth-order valence-electron chi connectivity index (χ4n) is 2.54. The summed E-state index contributed by atoms with van der Waals surface area (Å²) in [6.07, 6.45) is 4.02. The number of carbonyl (C=O) groups excluding carboxylic acids is 1. The Morgan fingerprint density at radius 3 is 3.05 bits per heavy atom. The van der Waals surface area contributed by atoms with E-state index in [-0.39, 0.29) is 12.1 Å². The minimum Gasteiger partial charge on any atom is -0.458 e. The summed E-state index contributed by atoms with van der Waals surface area (Å²) >= 11 is 1.50. The lowest BCUT2D eigenvalue weighted by molar-refractivity contribution is -0.142. The van der Waals surface area contributed by atoms with E-state index >= 15 is 0 Å². The van der Waals surface area contributed by atoms with Gasteiger partial charge in [0.25, 0.3) is 0 Å². The number of hydrogen-bond donors (Lipinski definition) is 0. The SMILES string of the molecule is O=C(/C=C/c1cscn1)O[C@@H]1CCN(Cc2ccccc2)C1. The number of nitrogens with zero attached hydrogens (tertiary/aromatic N) is 2. The van der Waals surface area contributed by atoms with E-state index in [1.165, 1.54) is 23.0 Å². The van der Waals surface area contributed by atoms with Crippen molar-refractivity contribution in [3.63, 3.8) is 0 Å². The normalized spacial score (nSPS) is 18.8. The average Bonchev–Trinajstić information content (AvgIpc) is 3.18. The number of carbonyl (C=O) groups is 1. The summed E-state index contributed by atoms with van der Waals surface area (Å²) in [7, 11) is 0. The quantitative estimate of drug-likeness (QED) is 0.628. The first-order valence-corrected chi connectivity index (χ1v) is 8.27. The highest BCUT2D eigenvalue weighted by atomic mass is 32.1. The predicted molar refractivity (Wildman–Crippen MR) is 87.4 cm³/mol. The van der Waals surface area contributed by atoms with Crippen LogP contribution in [0.3, 0.4) is 0 Å². The largest absolute Gasteiger partial charge is 0.458 e. The van der Waals surface area contributed by atoms with Crippen LogP contribution in [-0.4, -0.2) is 35.0 Å². The van der Waals surface area contributed by atoms with Crippen LogP contribution < -0.4 is 0 Å². The second-order valence-corrected chi connectivity index (χ2v) is 6.03. The van der Waals surface area contributed by atoms with Gasteiger partial charge in [-0.3, -0.25) is 4.90 Å². The molecule has 1 aromatic carbocycles. The molecule has 1 aliphatic rings. The molecule has 1 aliphatic heterocycles. The summed E-state index contributed by atoms with van der Waals surface area (Å²) in [6.45, 7) is 2.66. The Labute approximate surface area is 134 Å². The first kappa shape index (κ1) is 14.9. The third-order valence-electron chi connectivity index (χ3n) is 3.60. The van der Waals surface area contributed by atoms with Crippen molar-refractivity contribution in [1.82, 2.24) is 9.88 Å². The molecule has 2 aromatic rings. The van der Waals surface area contributed by atoms with Gasteiger partial charge in [0.15, 0.2) is 0 Å². The van der Waals surface area contributed by atoms with Crippen LogP contribution in [0.15, 0.2) is 47.3 Å². The number of ether oxygens (including phenoxy) is 1. The van der Waals surface area contributed by atoms with Crippen molar-refractivity contribution >= 4 is 23.4 Å². The number of thiazole rings is 1. The first-order valence-electron chi connectivity index (χ1n) is 7.33. The van der Waals surface area contributed by atoms with Crippen LogP contribution in [0.2, 0.25) is 0 Å². The average molecular weight is 314 g/mol. The molecule has 2 heterocycles. The number of rotatable bonds is 5. The lowest BCUT2D eigenvalue weighted by atomic mass is 10.2. The van der Waals surface area contributed by atoms with E-state index in [0.29, 0.717) is 0 Å². The van der Waals surface area contributed by atoms with E-state index in [9.17, 15) is 4.79 Å². The Morgan fingerprint density at radius 1 is 1.41 bits per heavy atom. The molecular weight excluding hydrogens is 296 g/mol. The molecule has 1 fully saturated rings. The van der Waals surface area contributed by atoms with Crippen LogP contribution in [-0.2, 0) is 16.1 Å². The van der Waals surface area contributed by atoms with Crippen LogP contribution in [0.4, 0.5) is 0 Å². The van der Waals surface area contributed by atoms with Crippen molar-refractivity contribution in [3.05, 3.63) is 58.6 Å². The number of esters is 1. The van der Waals surface area contributed by atoms with Crippen LogP contribution >= 0.6 is 11.3 Å². The molecular formula is C17H18N2O2S. The molecule has 0 saturated carbocycles. The molecule has 114 valence electrons. The van der Waals surface area contributed by atoms with E-state index < -0.39 is 0 Å². The fraction of sp³-hybridized carbons (Fsp3) is 0.294. The Balaban J connectivity index is 1.45. The van der Waals surface area contributed by atoms with Gasteiger partial charge in [-0.15, -0.1) is 11.3 Å². The van der Waals surface area contributed by atoms with E-state index in [0.717, 1.165) is 31.7 Å². The van der Waals surface area contributed by atoms with Gasteiger partial charge in [0.05, 0.1) is 11.2 Å². The molecule has 0 aliphatic carbocycles. The molecule has 1 aromatic heterocycles. The second-order valence-electron chi connectivity index (χ2n) is 5.31. The lowest BCUT2D eigenvalue weighted by Gasteiger charge is -2.15. The molecule has 3 rings (SSSR count). The molecule has 4 nitrogen and oxygen atoms in total. The van der Waals surface area contributed by atoms with Crippen molar-refractivity contribution in [2.75, 3.05) is 13.1 Å². The van der Waals surface area contributed by atoms with Crippen LogP contribution in [0.25, 0.3) is 6.08 Å². The Kier molecular flexibility index (Phi) is 4.98. The minimum absolute atomic E-state index is 0.0173. The molecule has 22 heavy (non-hydrogen) atoms. The smallest absolute Gasteiger partial charge is 0.331 e. The van der Waals surface area contributed by atoms with E-state index in [4.69, 9.17) is 4.74 Å². The van der Waals surface area contributed by atoms with E-state index in [1.54, 1.807) is 11.6 Å². The molecule has 0 spiro atoms. The van der Waals surface area contributed by atoms with Gasteiger partial charge >= 0.3 is 5.97 Å². The molecule has 0 radical (unpaired) electrons. The van der Waals surface area contributed by atoms with Gasteiger partial charge in [-0.2, -0.15) is 0 Å². The van der Waals surface area contributed by atoms with Gasteiger partial charge < -0.3 is 4.74 Å². The fourth-order valence-corrected chi connectivity index (χ4v) is 3.06. The van der Waals surface area contributed by atoms with E-state index in [1.807, 2.05) is 23.6 Å². The van der Waals surface area contributed by atoms with Crippen molar-refractivity contribution in [3.8, 4) is 0 Å². The molecule has 5 heteroatoms. The Hall–Kier alpha value is -1.98. The van der Waals surface area contributed by atoms with Crippen molar-refractivity contribution in [2.24, 2.45) is 0 Å². The van der Waals surface area contributed by atoms with Crippen molar-refractivity contribution in [1.29, 1.82) is 0 Å². The zero-order valence-corrected chi connectivity index (χ0v) is 13.0. The minimum atomic E-state index is -0.292. The third-order valence-corrected chi connectivity index (χ3v) is 4.21. The molecule has 1 atom stereocenters. The van der Waals surface area contributed by atoms with Gasteiger partial charge in [-0.1, -0.05) is 30.3 Å². The molecule has 1 saturated heterocycles. The summed E-state index contributed by atoms with van der Waals surface area (Å²) in [5.74, 6) is -0.292. The van der Waals surface area contributed by atoms with E-state index in [2.05, 4.69) is 22.0 Å². The maximum absolute atomic E-state index is 11.8. The number of hydrogen-bond acceptors (Lipinski definition) is 5. The summed E-state index contributed by atoms with van der Waals surface area (Å²) in [5, 5.41) is 1.89. The van der Waals surface area contributed by atoms with Crippen molar-refractivity contribution in [2.45, 2.75) is 19.1 Å². The Bertz CT molecular complexity index is 625. The van der Waals surface area contributed by atoms with Crippen LogP contribution in [0.5, 0.6) is 0 Å². The summed E-state index contributed by atoms with van der Waals surface area (Å²) in [4.78, 5) is 18.2. The van der Waals surface area contributed by atoms with Gasteiger partial charge in [0.1, 0.15) is 6.10 Å². The van der Waals surface area contributed by atoms with Gasteiger partial charge in [-0.25, -0.2) is 9.78 Å². The summed E-state index contributed by atoms with van der Waals surface area (Å²) in [6, 6.07) is 10.4.